The van der Waals surface area contributed by atoms with Gasteiger partial charge in [0.1, 0.15) is 5.75 Å². The average molecular weight is 223 g/mol. The molecule has 0 aliphatic heterocycles. The van der Waals surface area contributed by atoms with Crippen LogP contribution in [0.4, 0.5) is 5.69 Å². The molecule has 1 aromatic carbocycles. The third kappa shape index (κ3) is 3.46. The van der Waals surface area contributed by atoms with Gasteiger partial charge >= 0.3 is 5.97 Å². The summed E-state index contributed by atoms with van der Waals surface area (Å²) in [6, 6.07) is 7.04. The van der Waals surface area contributed by atoms with Crippen molar-refractivity contribution in [2.24, 2.45) is 0 Å². The molecule has 2 N–H and O–H groups in total. The van der Waals surface area contributed by atoms with E-state index in [2.05, 4.69) is 0 Å². The second kappa shape index (κ2) is 5.39. The molecule has 0 bridgehead atoms. The largest absolute Gasteiger partial charge is 0.477 e. The average Bonchev–Trinajstić information content (AvgIpc) is 2.20. The maximum Gasteiger partial charge on any atom is 0.347 e. The summed E-state index contributed by atoms with van der Waals surface area (Å²) in [6.07, 6.45) is -0.807. The molecule has 0 saturated heterocycles. The number of esters is 1. The second-order valence-corrected chi connectivity index (χ2v) is 3.78. The van der Waals surface area contributed by atoms with Crippen molar-refractivity contribution in [2.75, 3.05) is 5.73 Å². The van der Waals surface area contributed by atoms with Gasteiger partial charge in [-0.3, -0.25) is 0 Å². The van der Waals surface area contributed by atoms with Crippen LogP contribution in [0.2, 0.25) is 0 Å². The smallest absolute Gasteiger partial charge is 0.347 e. The zero-order chi connectivity index (χ0) is 12.1. The van der Waals surface area contributed by atoms with Gasteiger partial charge in [-0.1, -0.05) is 12.1 Å². The van der Waals surface area contributed by atoms with Gasteiger partial charge in [-0.15, -0.1) is 0 Å². The van der Waals surface area contributed by atoms with Crippen molar-refractivity contribution in [3.05, 3.63) is 24.3 Å². The highest BCUT2D eigenvalue weighted by molar-refractivity contribution is 5.75. The number of nitrogen functional groups attached to an aromatic ring is 1. The van der Waals surface area contributed by atoms with Crippen LogP contribution in [0.1, 0.15) is 20.8 Å². The quantitative estimate of drug-likeness (QED) is 0.626. The van der Waals surface area contributed by atoms with Gasteiger partial charge in [0.15, 0.2) is 6.10 Å². The summed E-state index contributed by atoms with van der Waals surface area (Å²) in [4.78, 5) is 11.5. The summed E-state index contributed by atoms with van der Waals surface area (Å²) in [5.41, 5.74) is 6.20. The van der Waals surface area contributed by atoms with Crippen LogP contribution >= 0.6 is 0 Å². The Kier molecular flexibility index (Phi) is 4.17. The van der Waals surface area contributed by atoms with Crippen molar-refractivity contribution in [3.8, 4) is 5.75 Å². The molecule has 0 aromatic heterocycles. The van der Waals surface area contributed by atoms with E-state index in [9.17, 15) is 4.79 Å². The van der Waals surface area contributed by atoms with E-state index in [1.54, 1.807) is 45.0 Å². The first kappa shape index (κ1) is 12.4. The molecule has 16 heavy (non-hydrogen) atoms. The Balaban J connectivity index is 2.61. The fourth-order valence-electron chi connectivity index (χ4n) is 1.15. The highest BCUT2D eigenvalue weighted by Crippen LogP contribution is 2.21. The summed E-state index contributed by atoms with van der Waals surface area (Å²) in [5, 5.41) is 0. The first-order valence-electron chi connectivity index (χ1n) is 5.22. The lowest BCUT2D eigenvalue weighted by molar-refractivity contribution is -0.154. The van der Waals surface area contributed by atoms with Crippen LogP contribution in [0.5, 0.6) is 5.75 Å². The number of hydrogen-bond donors (Lipinski definition) is 1. The predicted octanol–water partition coefficient (Wildman–Crippen LogP) is 1.99. The van der Waals surface area contributed by atoms with Gasteiger partial charge in [0, 0.05) is 0 Å². The minimum Gasteiger partial charge on any atom is -0.477 e. The molecule has 0 spiro atoms. The molecule has 0 fully saturated rings. The number of para-hydroxylation sites is 2. The molecule has 0 radical (unpaired) electrons. The molecule has 1 atom stereocenters. The summed E-state index contributed by atoms with van der Waals surface area (Å²) in [6.45, 7) is 5.22. The Morgan fingerprint density at radius 2 is 1.88 bits per heavy atom. The van der Waals surface area contributed by atoms with Gasteiger partial charge < -0.3 is 15.2 Å². The third-order valence-electron chi connectivity index (χ3n) is 1.91. The molecule has 4 heteroatoms. The number of carbonyl (C=O) groups excluding carboxylic acids is 1. The summed E-state index contributed by atoms with van der Waals surface area (Å²) >= 11 is 0. The second-order valence-electron chi connectivity index (χ2n) is 3.78. The van der Waals surface area contributed by atoms with E-state index in [4.69, 9.17) is 15.2 Å². The summed E-state index contributed by atoms with van der Waals surface area (Å²) in [5.74, 6) is 0.106. The topological polar surface area (TPSA) is 61.5 Å². The van der Waals surface area contributed by atoms with Crippen LogP contribution in [0.3, 0.4) is 0 Å². The fourth-order valence-corrected chi connectivity index (χ4v) is 1.15. The van der Waals surface area contributed by atoms with Crippen LogP contribution in [-0.2, 0) is 9.53 Å². The van der Waals surface area contributed by atoms with E-state index in [1.807, 2.05) is 0 Å². The number of hydrogen-bond acceptors (Lipinski definition) is 4. The first-order chi connectivity index (χ1) is 7.50. The zero-order valence-electron chi connectivity index (χ0n) is 9.77. The lowest BCUT2D eigenvalue weighted by atomic mass is 10.3. The highest BCUT2D eigenvalue weighted by atomic mass is 16.6. The molecule has 0 amide bonds. The van der Waals surface area contributed by atoms with Gasteiger partial charge in [0.05, 0.1) is 11.8 Å². The lowest BCUT2D eigenvalue weighted by Crippen LogP contribution is -2.28. The van der Waals surface area contributed by atoms with E-state index < -0.39 is 12.1 Å². The van der Waals surface area contributed by atoms with Gasteiger partial charge in [0.25, 0.3) is 0 Å². The first-order valence-corrected chi connectivity index (χ1v) is 5.22. The molecule has 1 rings (SSSR count). The van der Waals surface area contributed by atoms with Crippen LogP contribution < -0.4 is 10.5 Å². The van der Waals surface area contributed by atoms with E-state index in [1.165, 1.54) is 0 Å². The zero-order valence-corrected chi connectivity index (χ0v) is 9.77. The molecule has 0 aliphatic carbocycles. The number of carbonyl (C=O) groups is 1. The molecule has 1 unspecified atom stereocenters. The summed E-state index contributed by atoms with van der Waals surface area (Å²) < 4.78 is 10.4. The lowest BCUT2D eigenvalue weighted by Gasteiger charge is -2.16. The molecule has 0 heterocycles. The Labute approximate surface area is 95.3 Å². The van der Waals surface area contributed by atoms with Crippen molar-refractivity contribution >= 4 is 11.7 Å². The van der Waals surface area contributed by atoms with E-state index in [0.29, 0.717) is 11.4 Å². The van der Waals surface area contributed by atoms with E-state index in [-0.39, 0.29) is 6.10 Å². The minimum atomic E-state index is -0.660. The Hall–Kier alpha value is -1.71. The van der Waals surface area contributed by atoms with Crippen molar-refractivity contribution < 1.29 is 14.3 Å². The maximum atomic E-state index is 11.5. The normalized spacial score (nSPS) is 12.2. The minimum absolute atomic E-state index is 0.147. The molecule has 0 aliphatic rings. The fraction of sp³-hybridized carbons (Fsp3) is 0.417. The van der Waals surface area contributed by atoms with Crippen LogP contribution in [0, 0.1) is 0 Å². The van der Waals surface area contributed by atoms with Crippen molar-refractivity contribution in [3.63, 3.8) is 0 Å². The third-order valence-corrected chi connectivity index (χ3v) is 1.91. The molecular weight excluding hydrogens is 206 g/mol. The standard InChI is InChI=1S/C12H17NO3/c1-8(2)15-12(14)9(3)16-11-7-5-4-6-10(11)13/h4-9H,13H2,1-3H3. The number of nitrogens with two attached hydrogens (primary N) is 1. The van der Waals surface area contributed by atoms with Crippen molar-refractivity contribution in [1.29, 1.82) is 0 Å². The summed E-state index contributed by atoms with van der Waals surface area (Å²) in [7, 11) is 0. The Morgan fingerprint density at radius 1 is 1.25 bits per heavy atom. The number of benzene rings is 1. The molecule has 4 nitrogen and oxygen atoms in total. The molecular formula is C12H17NO3. The Bertz CT molecular complexity index is 363. The molecule has 1 aromatic rings. The SMILES string of the molecule is CC(C)OC(=O)C(C)Oc1ccccc1N. The number of ether oxygens (including phenoxy) is 2. The Morgan fingerprint density at radius 3 is 2.44 bits per heavy atom. The van der Waals surface area contributed by atoms with Gasteiger partial charge in [-0.2, -0.15) is 0 Å². The highest BCUT2D eigenvalue weighted by Gasteiger charge is 2.18. The monoisotopic (exact) mass is 223 g/mol. The van der Waals surface area contributed by atoms with Crippen molar-refractivity contribution in [2.45, 2.75) is 33.0 Å². The maximum absolute atomic E-state index is 11.5. The number of rotatable bonds is 4. The van der Waals surface area contributed by atoms with Crippen molar-refractivity contribution in [1.82, 2.24) is 0 Å². The number of anilines is 1. The van der Waals surface area contributed by atoms with Gasteiger partial charge in [-0.25, -0.2) is 4.79 Å². The molecule has 0 saturated carbocycles. The van der Waals surface area contributed by atoms with E-state index in [0.717, 1.165) is 0 Å². The van der Waals surface area contributed by atoms with Crippen LogP contribution in [-0.4, -0.2) is 18.2 Å². The van der Waals surface area contributed by atoms with Crippen LogP contribution in [0.15, 0.2) is 24.3 Å². The molecule has 88 valence electrons. The van der Waals surface area contributed by atoms with E-state index >= 15 is 0 Å². The van der Waals surface area contributed by atoms with Gasteiger partial charge in [-0.05, 0) is 32.9 Å². The predicted molar refractivity (Wildman–Crippen MR) is 62.2 cm³/mol. The van der Waals surface area contributed by atoms with Gasteiger partial charge in [0.2, 0.25) is 0 Å². The van der Waals surface area contributed by atoms with Crippen LogP contribution in [0.25, 0.3) is 0 Å².